The first-order valence-corrected chi connectivity index (χ1v) is 11.4. The number of nitrogens with one attached hydrogen (secondary N) is 1. The lowest BCUT2D eigenvalue weighted by molar-refractivity contribution is -0.132. The maximum atomic E-state index is 12.7. The van der Waals surface area contributed by atoms with Crippen LogP contribution in [0.15, 0.2) is 61.2 Å². The standard InChI is InChI=1S/C26H26N6O/c27-14-22-4-2-1-3-20(22)6-8-26(33)31-11-9-19(10-12-31)17-32-18-28-24-13-21(5-7-25(24)32)23-15-29-30-16-23/h1-5,7,13,15-16,18-19H,6,8-12,17H2,(H,29,30). The molecule has 1 fully saturated rings. The monoisotopic (exact) mass is 438 g/mol. The van der Waals surface area contributed by atoms with Gasteiger partial charge in [0.1, 0.15) is 0 Å². The zero-order chi connectivity index (χ0) is 22.6. The maximum absolute atomic E-state index is 12.7. The highest BCUT2D eigenvalue weighted by Gasteiger charge is 2.23. The molecule has 5 rings (SSSR count). The quantitative estimate of drug-likeness (QED) is 0.489. The normalized spacial score (nSPS) is 14.5. The van der Waals surface area contributed by atoms with Crippen molar-refractivity contribution in [3.05, 3.63) is 72.3 Å². The Morgan fingerprint density at radius 1 is 1.15 bits per heavy atom. The number of hydrogen-bond donors (Lipinski definition) is 1. The van der Waals surface area contributed by atoms with Gasteiger partial charge in [-0.05, 0) is 54.5 Å². The molecule has 33 heavy (non-hydrogen) atoms. The van der Waals surface area contributed by atoms with Crippen LogP contribution in [-0.4, -0.2) is 43.6 Å². The molecule has 7 heteroatoms. The summed E-state index contributed by atoms with van der Waals surface area (Å²) in [7, 11) is 0. The van der Waals surface area contributed by atoms with Crippen LogP contribution in [0.2, 0.25) is 0 Å². The molecular weight excluding hydrogens is 412 g/mol. The summed E-state index contributed by atoms with van der Waals surface area (Å²) in [5, 5.41) is 16.1. The number of imidazole rings is 1. The van der Waals surface area contributed by atoms with Gasteiger partial charge in [0.25, 0.3) is 0 Å². The molecule has 166 valence electrons. The van der Waals surface area contributed by atoms with Gasteiger partial charge in [-0.25, -0.2) is 4.98 Å². The number of carbonyl (C=O) groups excluding carboxylic acids is 1. The first-order valence-electron chi connectivity index (χ1n) is 11.4. The summed E-state index contributed by atoms with van der Waals surface area (Å²) in [6.07, 6.45) is 8.68. The highest BCUT2D eigenvalue weighted by Crippen LogP contribution is 2.26. The number of piperidine rings is 1. The van der Waals surface area contributed by atoms with Crippen molar-refractivity contribution in [3.8, 4) is 17.2 Å². The molecule has 0 radical (unpaired) electrons. The van der Waals surface area contributed by atoms with Gasteiger partial charge in [0.05, 0.1) is 35.2 Å². The number of likely N-dealkylation sites (tertiary alicyclic amines) is 1. The van der Waals surface area contributed by atoms with Crippen molar-refractivity contribution in [1.29, 1.82) is 5.26 Å². The van der Waals surface area contributed by atoms with Gasteiger partial charge < -0.3 is 9.47 Å². The van der Waals surface area contributed by atoms with Crippen molar-refractivity contribution < 1.29 is 4.79 Å². The second kappa shape index (κ2) is 9.29. The average molecular weight is 439 g/mol. The summed E-state index contributed by atoms with van der Waals surface area (Å²) in [6.45, 7) is 2.50. The number of nitriles is 1. The Kier molecular flexibility index (Phi) is 5.90. The molecule has 0 bridgehead atoms. The van der Waals surface area contributed by atoms with E-state index < -0.39 is 0 Å². The fraction of sp³-hybridized carbons (Fsp3) is 0.308. The Morgan fingerprint density at radius 2 is 2.00 bits per heavy atom. The van der Waals surface area contributed by atoms with E-state index in [-0.39, 0.29) is 5.91 Å². The molecule has 0 unspecified atom stereocenters. The largest absolute Gasteiger partial charge is 0.343 e. The van der Waals surface area contributed by atoms with Crippen LogP contribution < -0.4 is 0 Å². The van der Waals surface area contributed by atoms with Crippen LogP contribution in [0.5, 0.6) is 0 Å². The van der Waals surface area contributed by atoms with Gasteiger partial charge in [-0.1, -0.05) is 24.3 Å². The van der Waals surface area contributed by atoms with E-state index in [2.05, 4.69) is 44.0 Å². The second-order valence-electron chi connectivity index (χ2n) is 8.68. The van der Waals surface area contributed by atoms with Gasteiger partial charge >= 0.3 is 0 Å². The molecule has 3 heterocycles. The summed E-state index contributed by atoms with van der Waals surface area (Å²) in [5.74, 6) is 0.709. The first kappa shape index (κ1) is 21.0. The van der Waals surface area contributed by atoms with Gasteiger partial charge in [0, 0.05) is 37.8 Å². The highest BCUT2D eigenvalue weighted by molar-refractivity contribution is 5.81. The third-order valence-corrected chi connectivity index (χ3v) is 6.62. The molecule has 1 aliphatic rings. The summed E-state index contributed by atoms with van der Waals surface area (Å²) in [4.78, 5) is 19.3. The van der Waals surface area contributed by atoms with Gasteiger partial charge in [-0.2, -0.15) is 10.4 Å². The van der Waals surface area contributed by atoms with E-state index >= 15 is 0 Å². The maximum Gasteiger partial charge on any atom is 0.222 e. The van der Waals surface area contributed by atoms with Crippen LogP contribution in [0, 0.1) is 17.2 Å². The molecular formula is C26H26N6O. The molecule has 0 atom stereocenters. The molecule has 0 aliphatic carbocycles. The van der Waals surface area contributed by atoms with E-state index in [0.717, 1.165) is 60.2 Å². The minimum Gasteiger partial charge on any atom is -0.343 e. The smallest absolute Gasteiger partial charge is 0.222 e. The lowest BCUT2D eigenvalue weighted by Gasteiger charge is -2.32. The average Bonchev–Trinajstić information content (AvgIpc) is 3.53. The van der Waals surface area contributed by atoms with Gasteiger partial charge in [0.15, 0.2) is 0 Å². The van der Waals surface area contributed by atoms with E-state index in [1.807, 2.05) is 47.9 Å². The first-order chi connectivity index (χ1) is 16.2. The Bertz CT molecular complexity index is 1290. The summed E-state index contributed by atoms with van der Waals surface area (Å²) in [6, 6.07) is 16.1. The third-order valence-electron chi connectivity index (χ3n) is 6.62. The fourth-order valence-electron chi connectivity index (χ4n) is 4.69. The minimum atomic E-state index is 0.182. The number of aromatic amines is 1. The summed E-state index contributed by atoms with van der Waals surface area (Å²) < 4.78 is 2.23. The number of aryl methyl sites for hydroxylation is 1. The lowest BCUT2D eigenvalue weighted by Crippen LogP contribution is -2.39. The van der Waals surface area contributed by atoms with E-state index in [0.29, 0.717) is 24.3 Å². The van der Waals surface area contributed by atoms with Crippen molar-refractivity contribution in [2.75, 3.05) is 13.1 Å². The number of fused-ring (bicyclic) bond motifs is 1. The molecule has 1 amide bonds. The van der Waals surface area contributed by atoms with Crippen molar-refractivity contribution >= 4 is 16.9 Å². The number of rotatable bonds is 6. The summed E-state index contributed by atoms with van der Waals surface area (Å²) in [5.41, 5.74) is 5.89. The van der Waals surface area contributed by atoms with Crippen molar-refractivity contribution in [3.63, 3.8) is 0 Å². The Hall–Kier alpha value is -3.92. The molecule has 1 N–H and O–H groups in total. The Balaban J connectivity index is 1.16. The van der Waals surface area contributed by atoms with Crippen LogP contribution in [0.3, 0.4) is 0 Å². The van der Waals surface area contributed by atoms with Crippen LogP contribution in [0.4, 0.5) is 0 Å². The van der Waals surface area contributed by atoms with Crippen molar-refractivity contribution in [2.45, 2.75) is 32.2 Å². The highest BCUT2D eigenvalue weighted by atomic mass is 16.2. The molecule has 7 nitrogen and oxygen atoms in total. The minimum absolute atomic E-state index is 0.182. The van der Waals surface area contributed by atoms with Crippen LogP contribution in [0.1, 0.15) is 30.4 Å². The van der Waals surface area contributed by atoms with Crippen molar-refractivity contribution in [2.24, 2.45) is 5.92 Å². The molecule has 0 spiro atoms. The molecule has 2 aromatic carbocycles. The van der Waals surface area contributed by atoms with E-state index in [4.69, 9.17) is 0 Å². The number of amides is 1. The molecule has 1 aliphatic heterocycles. The van der Waals surface area contributed by atoms with E-state index in [1.165, 1.54) is 0 Å². The molecule has 0 saturated carbocycles. The van der Waals surface area contributed by atoms with Gasteiger partial charge in [0.2, 0.25) is 5.91 Å². The number of hydrogen-bond acceptors (Lipinski definition) is 4. The third kappa shape index (κ3) is 4.51. The lowest BCUT2D eigenvalue weighted by atomic mass is 9.96. The molecule has 4 aromatic rings. The fourth-order valence-corrected chi connectivity index (χ4v) is 4.69. The SMILES string of the molecule is N#Cc1ccccc1CCC(=O)N1CCC(Cn2cnc3cc(-c4cn[nH]c4)ccc32)CC1. The van der Waals surface area contributed by atoms with Crippen LogP contribution in [0.25, 0.3) is 22.2 Å². The second-order valence-corrected chi connectivity index (χ2v) is 8.68. The molecule has 1 saturated heterocycles. The van der Waals surface area contributed by atoms with E-state index in [1.54, 1.807) is 0 Å². The Morgan fingerprint density at radius 3 is 2.79 bits per heavy atom. The number of H-pyrrole nitrogens is 1. The number of benzene rings is 2. The zero-order valence-electron chi connectivity index (χ0n) is 18.4. The number of nitrogens with zero attached hydrogens (tertiary/aromatic N) is 5. The molecule has 2 aromatic heterocycles. The van der Waals surface area contributed by atoms with Crippen molar-refractivity contribution in [1.82, 2.24) is 24.6 Å². The summed E-state index contributed by atoms with van der Waals surface area (Å²) >= 11 is 0. The predicted molar refractivity (Wildman–Crippen MR) is 126 cm³/mol. The zero-order valence-corrected chi connectivity index (χ0v) is 18.4. The number of aromatic nitrogens is 4. The Labute approximate surface area is 192 Å². The van der Waals surface area contributed by atoms with Gasteiger partial charge in [-0.15, -0.1) is 0 Å². The van der Waals surface area contributed by atoms with Gasteiger partial charge in [-0.3, -0.25) is 9.89 Å². The van der Waals surface area contributed by atoms with Crippen LogP contribution >= 0.6 is 0 Å². The topological polar surface area (TPSA) is 90.6 Å². The predicted octanol–water partition coefficient (Wildman–Crippen LogP) is 4.17. The van der Waals surface area contributed by atoms with E-state index in [9.17, 15) is 10.1 Å². The van der Waals surface area contributed by atoms with Crippen LogP contribution in [-0.2, 0) is 17.8 Å². The number of carbonyl (C=O) groups is 1.